The molecule has 0 spiro atoms. The Morgan fingerprint density at radius 3 is 2.94 bits per heavy atom. The zero-order chi connectivity index (χ0) is 12.1. The molecule has 6 nitrogen and oxygen atoms in total. The third-order valence-corrected chi connectivity index (χ3v) is 2.42. The molecule has 2 rings (SSSR count). The second-order valence-electron chi connectivity index (χ2n) is 3.68. The van der Waals surface area contributed by atoms with Crippen LogP contribution in [0.5, 0.6) is 0 Å². The Balaban J connectivity index is 1.98. The van der Waals surface area contributed by atoms with Gasteiger partial charge in [-0.1, -0.05) is 11.3 Å². The lowest BCUT2D eigenvalue weighted by Gasteiger charge is -2.03. The smallest absolute Gasteiger partial charge is 0.250 e. The highest BCUT2D eigenvalue weighted by Crippen LogP contribution is 1.94. The lowest BCUT2D eigenvalue weighted by atomic mass is 10.3. The minimum Gasteiger partial charge on any atom is -0.396 e. The summed E-state index contributed by atoms with van der Waals surface area (Å²) >= 11 is 0. The normalized spacial score (nSPS) is 10.6. The van der Waals surface area contributed by atoms with Gasteiger partial charge in [0.2, 0.25) is 0 Å². The van der Waals surface area contributed by atoms with E-state index in [9.17, 15) is 4.79 Å². The fourth-order valence-electron chi connectivity index (χ4n) is 1.53. The van der Waals surface area contributed by atoms with Crippen molar-refractivity contribution in [1.82, 2.24) is 19.6 Å². The van der Waals surface area contributed by atoms with Gasteiger partial charge in [0, 0.05) is 38.0 Å². The molecule has 0 bridgehead atoms. The summed E-state index contributed by atoms with van der Waals surface area (Å²) in [5.41, 5.74) is 0.733. The first-order valence-electron chi connectivity index (χ1n) is 5.45. The van der Waals surface area contributed by atoms with E-state index in [0.29, 0.717) is 19.5 Å². The summed E-state index contributed by atoms with van der Waals surface area (Å²) < 4.78 is 3.29. The van der Waals surface area contributed by atoms with Crippen molar-refractivity contribution >= 4 is 0 Å². The van der Waals surface area contributed by atoms with E-state index >= 15 is 0 Å². The van der Waals surface area contributed by atoms with E-state index in [1.165, 1.54) is 6.07 Å². The maximum absolute atomic E-state index is 11.4. The Morgan fingerprint density at radius 2 is 2.18 bits per heavy atom. The number of aliphatic hydroxyl groups is 1. The van der Waals surface area contributed by atoms with Crippen LogP contribution in [-0.4, -0.2) is 31.3 Å². The van der Waals surface area contributed by atoms with Crippen LogP contribution in [0.1, 0.15) is 5.69 Å². The molecule has 0 saturated carbocycles. The molecule has 0 saturated heterocycles. The Hall–Kier alpha value is -1.95. The number of aliphatic hydroxyl groups excluding tert-OH is 1. The van der Waals surface area contributed by atoms with Gasteiger partial charge in [-0.25, -0.2) is 0 Å². The van der Waals surface area contributed by atoms with Crippen LogP contribution in [0.15, 0.2) is 35.4 Å². The van der Waals surface area contributed by atoms with E-state index < -0.39 is 0 Å². The molecule has 0 radical (unpaired) electrons. The topological polar surface area (TPSA) is 72.9 Å². The molecule has 0 aliphatic heterocycles. The van der Waals surface area contributed by atoms with Crippen LogP contribution in [0.2, 0.25) is 0 Å². The van der Waals surface area contributed by atoms with Gasteiger partial charge < -0.3 is 9.67 Å². The molecule has 1 N–H and O–H groups in total. The van der Waals surface area contributed by atoms with E-state index in [4.69, 9.17) is 5.11 Å². The molecular formula is C11H14N4O2. The second kappa shape index (κ2) is 5.40. The highest BCUT2D eigenvalue weighted by Gasteiger charge is 2.00. The van der Waals surface area contributed by atoms with E-state index in [1.807, 2.05) is 6.07 Å². The van der Waals surface area contributed by atoms with Gasteiger partial charge in [0.15, 0.2) is 0 Å². The average Bonchev–Trinajstić information content (AvgIpc) is 2.76. The van der Waals surface area contributed by atoms with E-state index in [1.54, 1.807) is 27.7 Å². The average molecular weight is 234 g/mol. The van der Waals surface area contributed by atoms with Crippen molar-refractivity contribution < 1.29 is 5.11 Å². The van der Waals surface area contributed by atoms with Gasteiger partial charge in [-0.05, 0) is 6.07 Å². The molecule has 0 atom stereocenters. The van der Waals surface area contributed by atoms with Crippen LogP contribution >= 0.6 is 0 Å². The summed E-state index contributed by atoms with van der Waals surface area (Å²) in [6, 6.07) is 5.06. The van der Waals surface area contributed by atoms with Crippen molar-refractivity contribution in [3.8, 4) is 0 Å². The Morgan fingerprint density at radius 1 is 1.29 bits per heavy atom. The van der Waals surface area contributed by atoms with Crippen molar-refractivity contribution in [2.24, 2.45) is 0 Å². The van der Waals surface area contributed by atoms with E-state index in [-0.39, 0.29) is 12.2 Å². The Kier molecular flexibility index (Phi) is 3.66. The second-order valence-corrected chi connectivity index (χ2v) is 3.68. The molecule has 2 aromatic heterocycles. The maximum atomic E-state index is 11.4. The van der Waals surface area contributed by atoms with Gasteiger partial charge in [0.25, 0.3) is 5.56 Å². The molecule has 0 aliphatic carbocycles. The number of hydrogen-bond acceptors (Lipinski definition) is 4. The fraction of sp³-hybridized carbons (Fsp3) is 0.364. The van der Waals surface area contributed by atoms with Gasteiger partial charge in [0.05, 0.1) is 12.2 Å². The standard InChI is InChI=1S/C11H14N4O2/c16-8-4-10-9-15(13-12-10)7-6-14-5-2-1-3-11(14)17/h1-3,5,9,16H,4,6-8H2. The van der Waals surface area contributed by atoms with Crippen LogP contribution in [-0.2, 0) is 19.5 Å². The predicted octanol–water partition coefficient (Wildman–Crippen LogP) is -0.325. The summed E-state index contributed by atoms with van der Waals surface area (Å²) in [5.74, 6) is 0. The molecule has 2 heterocycles. The molecule has 0 aliphatic rings. The molecule has 0 unspecified atom stereocenters. The molecule has 0 aromatic carbocycles. The molecule has 0 amide bonds. The molecule has 0 fully saturated rings. The highest BCUT2D eigenvalue weighted by atomic mass is 16.3. The maximum Gasteiger partial charge on any atom is 0.250 e. The summed E-state index contributed by atoms with van der Waals surface area (Å²) in [4.78, 5) is 11.4. The fourth-order valence-corrected chi connectivity index (χ4v) is 1.53. The number of nitrogens with zero attached hydrogens (tertiary/aromatic N) is 4. The van der Waals surface area contributed by atoms with Crippen molar-refractivity contribution in [2.75, 3.05) is 6.61 Å². The summed E-state index contributed by atoms with van der Waals surface area (Å²) in [6.45, 7) is 1.21. The predicted molar refractivity (Wildman–Crippen MR) is 61.5 cm³/mol. The Labute approximate surface area is 98.1 Å². The summed E-state index contributed by atoms with van der Waals surface area (Å²) in [5, 5.41) is 16.6. The van der Waals surface area contributed by atoms with Gasteiger partial charge >= 0.3 is 0 Å². The third kappa shape index (κ3) is 3.01. The zero-order valence-electron chi connectivity index (χ0n) is 9.36. The molecule has 17 heavy (non-hydrogen) atoms. The quantitative estimate of drug-likeness (QED) is 0.769. The first kappa shape index (κ1) is 11.5. The van der Waals surface area contributed by atoms with Crippen molar-refractivity contribution in [1.29, 1.82) is 0 Å². The first-order valence-corrected chi connectivity index (χ1v) is 5.45. The lowest BCUT2D eigenvalue weighted by Crippen LogP contribution is -2.20. The van der Waals surface area contributed by atoms with Crippen molar-refractivity contribution in [3.63, 3.8) is 0 Å². The van der Waals surface area contributed by atoms with Gasteiger partial charge in [-0.2, -0.15) is 0 Å². The van der Waals surface area contributed by atoms with Gasteiger partial charge in [0.1, 0.15) is 0 Å². The summed E-state index contributed by atoms with van der Waals surface area (Å²) in [6.07, 6.45) is 4.03. The molecule has 6 heteroatoms. The molecular weight excluding hydrogens is 220 g/mol. The van der Waals surface area contributed by atoms with Crippen LogP contribution in [0, 0.1) is 0 Å². The van der Waals surface area contributed by atoms with E-state index in [0.717, 1.165) is 5.69 Å². The van der Waals surface area contributed by atoms with Crippen LogP contribution in [0.4, 0.5) is 0 Å². The number of aromatic nitrogens is 4. The van der Waals surface area contributed by atoms with Crippen LogP contribution < -0.4 is 5.56 Å². The van der Waals surface area contributed by atoms with Gasteiger partial charge in [-0.3, -0.25) is 9.48 Å². The number of rotatable bonds is 5. The SMILES string of the molecule is O=c1ccccn1CCn1cc(CCO)nn1. The molecule has 90 valence electrons. The molecule has 2 aromatic rings. The number of pyridine rings is 1. The summed E-state index contributed by atoms with van der Waals surface area (Å²) in [7, 11) is 0. The monoisotopic (exact) mass is 234 g/mol. The zero-order valence-corrected chi connectivity index (χ0v) is 9.36. The van der Waals surface area contributed by atoms with Crippen LogP contribution in [0.3, 0.4) is 0 Å². The number of hydrogen-bond donors (Lipinski definition) is 1. The van der Waals surface area contributed by atoms with Crippen molar-refractivity contribution in [2.45, 2.75) is 19.5 Å². The first-order chi connectivity index (χ1) is 8.29. The third-order valence-electron chi connectivity index (χ3n) is 2.42. The van der Waals surface area contributed by atoms with E-state index in [2.05, 4.69) is 10.3 Å². The number of aryl methyl sites for hydroxylation is 2. The largest absolute Gasteiger partial charge is 0.396 e. The Bertz CT molecular complexity index is 532. The minimum absolute atomic E-state index is 0.0248. The minimum atomic E-state index is -0.0248. The highest BCUT2D eigenvalue weighted by molar-refractivity contribution is 4.94. The van der Waals surface area contributed by atoms with Gasteiger partial charge in [-0.15, -0.1) is 5.10 Å². The van der Waals surface area contributed by atoms with Crippen LogP contribution in [0.25, 0.3) is 0 Å². The lowest BCUT2D eigenvalue weighted by molar-refractivity contribution is 0.298. The van der Waals surface area contributed by atoms with Crippen molar-refractivity contribution in [3.05, 3.63) is 46.6 Å².